The lowest BCUT2D eigenvalue weighted by Crippen LogP contribution is -2.38. The number of carbonyl (C=O) groups is 1. The van der Waals surface area contributed by atoms with E-state index in [0.717, 1.165) is 36.9 Å². The van der Waals surface area contributed by atoms with Crippen molar-refractivity contribution in [2.75, 3.05) is 43.5 Å². The normalized spacial score (nSPS) is 16.5. The number of anilines is 2. The summed E-state index contributed by atoms with van der Waals surface area (Å²) >= 11 is 0. The first-order valence-corrected chi connectivity index (χ1v) is 14.2. The van der Waals surface area contributed by atoms with Gasteiger partial charge in [0, 0.05) is 44.6 Å². The second-order valence-electron chi connectivity index (χ2n) is 12.4. The first-order chi connectivity index (χ1) is 20.0. The van der Waals surface area contributed by atoms with Gasteiger partial charge >= 0.3 is 6.01 Å². The number of ether oxygens (including phenoxy) is 2. The Hall–Kier alpha value is -4.47. The molecule has 2 aliphatic rings. The van der Waals surface area contributed by atoms with E-state index >= 15 is 0 Å². The Balaban J connectivity index is 1.23. The van der Waals surface area contributed by atoms with Crippen LogP contribution in [-0.2, 0) is 7.05 Å². The SMILES string of the molecule is Cn1cnc(-c2cnc(N)c(OCC3CCN(c4nc(OCC5(C#N)CC5)nc(C(=O)NCC(C)(C)C)n4)CC3)c2)c1. The number of piperidine rings is 1. The molecule has 1 aliphatic carbocycles. The number of hydrogen-bond acceptors (Lipinski definition) is 11. The van der Waals surface area contributed by atoms with Gasteiger partial charge in [-0.05, 0) is 43.1 Å². The van der Waals surface area contributed by atoms with Gasteiger partial charge in [-0.2, -0.15) is 20.2 Å². The Bertz CT molecular complexity index is 1460. The van der Waals surface area contributed by atoms with Crippen molar-refractivity contribution < 1.29 is 14.3 Å². The van der Waals surface area contributed by atoms with Crippen LogP contribution in [0.2, 0.25) is 0 Å². The van der Waals surface area contributed by atoms with Crippen molar-refractivity contribution in [3.05, 3.63) is 30.6 Å². The summed E-state index contributed by atoms with van der Waals surface area (Å²) < 4.78 is 13.8. The highest BCUT2D eigenvalue weighted by Gasteiger charge is 2.44. The second kappa shape index (κ2) is 11.8. The molecule has 2 fully saturated rings. The van der Waals surface area contributed by atoms with Crippen molar-refractivity contribution in [1.82, 2.24) is 34.8 Å². The van der Waals surface area contributed by atoms with Gasteiger partial charge in [0.05, 0.1) is 30.1 Å². The smallest absolute Gasteiger partial charge is 0.322 e. The fourth-order valence-corrected chi connectivity index (χ4v) is 4.50. The van der Waals surface area contributed by atoms with Gasteiger partial charge in [-0.15, -0.1) is 0 Å². The van der Waals surface area contributed by atoms with Crippen LogP contribution in [0.15, 0.2) is 24.8 Å². The van der Waals surface area contributed by atoms with Crippen LogP contribution >= 0.6 is 0 Å². The monoisotopic (exact) mass is 574 g/mol. The lowest BCUT2D eigenvalue weighted by atomic mass is 9.97. The van der Waals surface area contributed by atoms with Crippen LogP contribution in [-0.4, -0.2) is 68.2 Å². The van der Waals surface area contributed by atoms with Crippen LogP contribution in [0.3, 0.4) is 0 Å². The van der Waals surface area contributed by atoms with Gasteiger partial charge in [0.25, 0.3) is 5.91 Å². The Morgan fingerprint density at radius 3 is 2.60 bits per heavy atom. The highest BCUT2D eigenvalue weighted by molar-refractivity contribution is 5.90. The summed E-state index contributed by atoms with van der Waals surface area (Å²) in [6.07, 6.45) is 8.57. The molecule has 13 heteroatoms. The zero-order valence-corrected chi connectivity index (χ0v) is 24.6. The summed E-state index contributed by atoms with van der Waals surface area (Å²) in [5.41, 5.74) is 7.15. The number of pyridine rings is 1. The molecule has 1 saturated carbocycles. The Morgan fingerprint density at radius 2 is 1.95 bits per heavy atom. The molecule has 0 unspecified atom stereocenters. The number of aromatic nitrogens is 6. The standard InChI is InChI=1S/C29H38N10O3/c1-28(2,3)16-33-25(40)24-35-26(37-27(36-24)42-17-29(15-30)7-8-29)39-9-5-19(6-10-39)14-41-22-11-20(12-32-23(22)31)21-13-38(4)18-34-21/h11-13,18-19H,5-10,14,16-17H2,1-4H3,(H2,31,32)(H,33,40). The van der Waals surface area contributed by atoms with E-state index in [9.17, 15) is 10.1 Å². The molecule has 1 amide bonds. The van der Waals surface area contributed by atoms with Crippen LogP contribution in [0.4, 0.5) is 11.8 Å². The van der Waals surface area contributed by atoms with E-state index in [4.69, 9.17) is 15.2 Å². The molecule has 4 heterocycles. The van der Waals surface area contributed by atoms with Crippen LogP contribution < -0.4 is 25.4 Å². The number of hydrogen-bond donors (Lipinski definition) is 2. The molecule has 1 saturated heterocycles. The number of nitrogens with zero attached hydrogens (tertiary/aromatic N) is 8. The topological polar surface area (TPSA) is 170 Å². The van der Waals surface area contributed by atoms with E-state index < -0.39 is 5.41 Å². The minimum absolute atomic E-state index is 0.00211. The van der Waals surface area contributed by atoms with Crippen LogP contribution in [0.5, 0.6) is 11.8 Å². The maximum Gasteiger partial charge on any atom is 0.322 e. The van der Waals surface area contributed by atoms with Gasteiger partial charge in [-0.25, -0.2) is 9.97 Å². The zero-order valence-electron chi connectivity index (χ0n) is 24.6. The average Bonchev–Trinajstić information content (AvgIpc) is 3.64. The van der Waals surface area contributed by atoms with Crippen molar-refractivity contribution >= 4 is 17.7 Å². The lowest BCUT2D eigenvalue weighted by molar-refractivity contribution is 0.0926. The van der Waals surface area contributed by atoms with Gasteiger partial charge < -0.3 is 30.0 Å². The van der Waals surface area contributed by atoms with Crippen molar-refractivity contribution in [1.29, 1.82) is 5.26 Å². The number of carbonyl (C=O) groups excluding carboxylic acids is 1. The number of nitrogens with one attached hydrogen (secondary N) is 1. The average molecular weight is 575 g/mol. The molecular formula is C29H38N10O3. The van der Waals surface area contributed by atoms with Crippen molar-refractivity contribution in [3.8, 4) is 29.1 Å². The van der Waals surface area contributed by atoms with Gasteiger partial charge in [0.1, 0.15) is 6.61 Å². The molecule has 0 bridgehead atoms. The van der Waals surface area contributed by atoms with E-state index in [0.29, 0.717) is 43.8 Å². The fraction of sp³-hybridized carbons (Fsp3) is 0.552. The quantitative estimate of drug-likeness (QED) is 0.365. The van der Waals surface area contributed by atoms with Crippen molar-refractivity contribution in [3.63, 3.8) is 0 Å². The molecule has 13 nitrogen and oxygen atoms in total. The Morgan fingerprint density at radius 1 is 1.19 bits per heavy atom. The highest BCUT2D eigenvalue weighted by Crippen LogP contribution is 2.44. The zero-order chi connectivity index (χ0) is 29.9. The van der Waals surface area contributed by atoms with E-state index in [1.54, 1.807) is 12.5 Å². The predicted molar refractivity (Wildman–Crippen MR) is 156 cm³/mol. The third kappa shape index (κ3) is 7.23. The number of aryl methyl sites for hydroxylation is 1. The van der Waals surface area contributed by atoms with E-state index in [2.05, 4.69) is 36.3 Å². The molecule has 0 atom stereocenters. The van der Waals surface area contributed by atoms with Crippen LogP contribution in [0, 0.1) is 28.1 Å². The van der Waals surface area contributed by atoms with Crippen LogP contribution in [0.25, 0.3) is 11.3 Å². The predicted octanol–water partition coefficient (Wildman–Crippen LogP) is 3.00. The van der Waals surface area contributed by atoms with Gasteiger partial charge in [0.15, 0.2) is 11.6 Å². The molecule has 0 spiro atoms. The third-order valence-electron chi connectivity index (χ3n) is 7.41. The molecular weight excluding hydrogens is 536 g/mol. The Labute approximate surface area is 245 Å². The van der Waals surface area contributed by atoms with Gasteiger partial charge in [-0.1, -0.05) is 20.8 Å². The molecule has 0 aromatic carbocycles. The fourth-order valence-electron chi connectivity index (χ4n) is 4.50. The maximum atomic E-state index is 12.9. The number of imidazole rings is 1. The number of nitrogen functional groups attached to an aromatic ring is 1. The molecule has 222 valence electrons. The van der Waals surface area contributed by atoms with Crippen molar-refractivity contribution in [2.45, 2.75) is 46.5 Å². The summed E-state index contributed by atoms with van der Waals surface area (Å²) in [4.78, 5) is 36.9. The summed E-state index contributed by atoms with van der Waals surface area (Å²) in [7, 11) is 1.91. The maximum absolute atomic E-state index is 12.9. The summed E-state index contributed by atoms with van der Waals surface area (Å²) in [6.45, 7) is 8.60. The first-order valence-electron chi connectivity index (χ1n) is 14.2. The minimum Gasteiger partial charge on any atom is -0.489 e. The highest BCUT2D eigenvalue weighted by atomic mass is 16.5. The number of amides is 1. The summed E-state index contributed by atoms with van der Waals surface area (Å²) in [5.74, 6) is 1.17. The number of nitriles is 1. The van der Waals surface area contributed by atoms with Gasteiger partial charge in [0.2, 0.25) is 11.8 Å². The molecule has 3 aromatic heterocycles. The van der Waals surface area contributed by atoms with E-state index in [-0.39, 0.29) is 35.7 Å². The summed E-state index contributed by atoms with van der Waals surface area (Å²) in [6, 6.07) is 4.24. The second-order valence-corrected chi connectivity index (χ2v) is 12.4. The summed E-state index contributed by atoms with van der Waals surface area (Å²) in [5, 5.41) is 12.3. The van der Waals surface area contributed by atoms with E-state index in [1.165, 1.54) is 0 Å². The number of nitrogens with two attached hydrogens (primary N) is 1. The van der Waals surface area contributed by atoms with Crippen molar-refractivity contribution in [2.24, 2.45) is 23.8 Å². The van der Waals surface area contributed by atoms with Gasteiger partial charge in [-0.3, -0.25) is 4.79 Å². The molecule has 5 rings (SSSR count). The molecule has 3 N–H and O–H groups in total. The lowest BCUT2D eigenvalue weighted by Gasteiger charge is -2.32. The van der Waals surface area contributed by atoms with E-state index in [1.807, 2.05) is 49.5 Å². The molecule has 0 radical (unpaired) electrons. The molecule has 42 heavy (non-hydrogen) atoms. The first kappa shape index (κ1) is 29.0. The Kier molecular flexibility index (Phi) is 8.15. The minimum atomic E-state index is -0.490. The molecule has 1 aliphatic heterocycles. The number of rotatable bonds is 10. The largest absolute Gasteiger partial charge is 0.489 e. The molecule has 3 aromatic rings. The third-order valence-corrected chi connectivity index (χ3v) is 7.41. The van der Waals surface area contributed by atoms with Crippen LogP contribution in [0.1, 0.15) is 57.1 Å².